The van der Waals surface area contributed by atoms with Crippen molar-refractivity contribution < 1.29 is 13.7 Å². The molecule has 1 aromatic rings. The monoisotopic (exact) mass is 431 g/mol. The van der Waals surface area contributed by atoms with E-state index >= 15 is 0 Å². The van der Waals surface area contributed by atoms with Gasteiger partial charge in [0.1, 0.15) is 0 Å². The molecule has 1 aliphatic rings. The number of thiocarbonyl (C=S) groups is 1. The molecule has 0 aliphatic carbocycles. The van der Waals surface area contributed by atoms with E-state index in [0.717, 1.165) is 30.0 Å². The largest absolute Gasteiger partial charge is 0.479 e. The second-order valence-electron chi connectivity index (χ2n) is 5.86. The second kappa shape index (κ2) is 11.3. The van der Waals surface area contributed by atoms with Crippen molar-refractivity contribution in [1.29, 1.82) is 0 Å². The van der Waals surface area contributed by atoms with E-state index < -0.39 is 10.8 Å². The number of carbonyl (C=O) groups is 1. The van der Waals surface area contributed by atoms with E-state index in [4.69, 9.17) is 17.0 Å². The highest BCUT2D eigenvalue weighted by molar-refractivity contribution is 8.23. The Bertz CT molecular complexity index is 626. The maximum atomic E-state index is 12.4. The lowest BCUT2D eigenvalue weighted by Gasteiger charge is -2.30. The third-order valence-electron chi connectivity index (χ3n) is 3.90. The van der Waals surface area contributed by atoms with E-state index in [9.17, 15) is 9.00 Å². The average Bonchev–Trinajstić information content (AvgIpc) is 2.62. The quantitative estimate of drug-likeness (QED) is 0.607. The standard InChI is InChI=1S/C18H25NO3S4/c1-3-22-18(23)25-16(12-17-24-10-7-11-26(17)21)13-19(14(2)20)15-8-5-4-6-9-15/h4-6,8-9,16-17H,3,7,10-13H2,1-2H3. The Morgan fingerprint density at radius 1 is 1.46 bits per heavy atom. The molecule has 1 amide bonds. The molecule has 3 unspecified atom stereocenters. The van der Waals surface area contributed by atoms with Crippen molar-refractivity contribution in [2.24, 2.45) is 0 Å². The lowest BCUT2D eigenvalue weighted by Crippen LogP contribution is -2.37. The lowest BCUT2D eigenvalue weighted by molar-refractivity contribution is -0.116. The SMILES string of the molecule is CCOC(=S)SC(CC1SCCCS1=O)CN(C(C)=O)c1ccccc1. The summed E-state index contributed by atoms with van der Waals surface area (Å²) in [6.07, 6.45) is 1.75. The number of hydrogen-bond donors (Lipinski definition) is 0. The van der Waals surface area contributed by atoms with Gasteiger partial charge in [-0.3, -0.25) is 9.00 Å². The number of benzene rings is 1. The van der Waals surface area contributed by atoms with Gasteiger partial charge in [-0.15, -0.1) is 11.8 Å². The summed E-state index contributed by atoms with van der Waals surface area (Å²) in [4.78, 5) is 14.0. The van der Waals surface area contributed by atoms with Crippen molar-refractivity contribution in [3.63, 3.8) is 0 Å². The first-order valence-corrected chi connectivity index (χ1v) is 12.4. The molecule has 0 aromatic heterocycles. The van der Waals surface area contributed by atoms with Crippen LogP contribution in [0.25, 0.3) is 0 Å². The molecule has 1 heterocycles. The van der Waals surface area contributed by atoms with Crippen LogP contribution in [0.3, 0.4) is 0 Å². The van der Waals surface area contributed by atoms with E-state index in [1.54, 1.807) is 23.6 Å². The minimum atomic E-state index is -0.825. The molecule has 0 saturated carbocycles. The number of anilines is 1. The maximum absolute atomic E-state index is 12.4. The Labute approximate surface area is 172 Å². The number of para-hydroxylation sites is 1. The Kier molecular flexibility index (Phi) is 9.45. The second-order valence-corrected chi connectivity index (χ2v) is 11.1. The minimum Gasteiger partial charge on any atom is -0.479 e. The molecule has 1 aromatic carbocycles. The zero-order chi connectivity index (χ0) is 18.9. The molecule has 0 radical (unpaired) electrons. The average molecular weight is 432 g/mol. The third-order valence-corrected chi connectivity index (χ3v) is 8.90. The van der Waals surface area contributed by atoms with Crippen LogP contribution in [-0.2, 0) is 20.3 Å². The summed E-state index contributed by atoms with van der Waals surface area (Å²) < 4.78 is 18.4. The van der Waals surface area contributed by atoms with Crippen molar-refractivity contribution in [3.8, 4) is 0 Å². The first kappa shape index (κ1) is 21.7. The minimum absolute atomic E-state index is 0.0125. The van der Waals surface area contributed by atoms with Gasteiger partial charge in [-0.05, 0) is 49.9 Å². The van der Waals surface area contributed by atoms with Gasteiger partial charge >= 0.3 is 0 Å². The number of ether oxygens (including phenoxy) is 1. The normalized spacial score (nSPS) is 21.0. The Morgan fingerprint density at radius 3 is 2.81 bits per heavy atom. The van der Waals surface area contributed by atoms with E-state index in [-0.39, 0.29) is 15.7 Å². The van der Waals surface area contributed by atoms with Crippen molar-refractivity contribution in [2.45, 2.75) is 36.5 Å². The van der Waals surface area contributed by atoms with Crippen molar-refractivity contribution >= 4 is 62.5 Å². The molecule has 26 heavy (non-hydrogen) atoms. The molecule has 3 atom stereocenters. The van der Waals surface area contributed by atoms with E-state index in [0.29, 0.717) is 17.5 Å². The van der Waals surface area contributed by atoms with Crippen LogP contribution in [0.4, 0.5) is 5.69 Å². The summed E-state index contributed by atoms with van der Waals surface area (Å²) in [6.45, 7) is 4.52. The number of hydrogen-bond acceptors (Lipinski definition) is 6. The van der Waals surface area contributed by atoms with Crippen LogP contribution in [0.2, 0.25) is 0 Å². The number of nitrogens with zero attached hydrogens (tertiary/aromatic N) is 1. The molecule has 1 fully saturated rings. The topological polar surface area (TPSA) is 46.6 Å². The van der Waals surface area contributed by atoms with Crippen LogP contribution >= 0.6 is 35.7 Å². The van der Waals surface area contributed by atoms with Gasteiger partial charge in [-0.2, -0.15) is 0 Å². The molecule has 1 saturated heterocycles. The van der Waals surface area contributed by atoms with Crippen LogP contribution in [0, 0.1) is 0 Å². The van der Waals surface area contributed by atoms with Crippen molar-refractivity contribution in [2.75, 3.05) is 29.6 Å². The Balaban J connectivity index is 2.13. The summed E-state index contributed by atoms with van der Waals surface area (Å²) in [5.41, 5.74) is 0.866. The molecule has 2 rings (SSSR count). The van der Waals surface area contributed by atoms with Crippen molar-refractivity contribution in [3.05, 3.63) is 30.3 Å². The summed E-state index contributed by atoms with van der Waals surface area (Å²) in [7, 11) is -0.825. The van der Waals surface area contributed by atoms with Gasteiger partial charge in [0, 0.05) is 41.0 Å². The van der Waals surface area contributed by atoms with Gasteiger partial charge in [-0.25, -0.2) is 0 Å². The van der Waals surface area contributed by atoms with E-state index in [1.165, 1.54) is 11.8 Å². The van der Waals surface area contributed by atoms with Gasteiger partial charge in [0.05, 0.1) is 11.2 Å². The van der Waals surface area contributed by atoms with Crippen LogP contribution in [0.1, 0.15) is 26.7 Å². The summed E-state index contributed by atoms with van der Waals surface area (Å²) in [5, 5.41) is 0.0395. The third kappa shape index (κ3) is 6.87. The predicted molar refractivity (Wildman–Crippen MR) is 119 cm³/mol. The number of rotatable bonds is 7. The van der Waals surface area contributed by atoms with Gasteiger partial charge in [-0.1, -0.05) is 30.0 Å². The van der Waals surface area contributed by atoms with Crippen LogP contribution < -0.4 is 4.90 Å². The van der Waals surface area contributed by atoms with Crippen LogP contribution in [0.5, 0.6) is 0 Å². The van der Waals surface area contributed by atoms with Gasteiger partial charge in [0.2, 0.25) is 10.3 Å². The smallest absolute Gasteiger partial charge is 0.223 e. The fourth-order valence-corrected chi connectivity index (χ4v) is 7.88. The highest BCUT2D eigenvalue weighted by Crippen LogP contribution is 2.32. The molecule has 0 bridgehead atoms. The van der Waals surface area contributed by atoms with Crippen LogP contribution in [0.15, 0.2) is 30.3 Å². The van der Waals surface area contributed by atoms with Crippen LogP contribution in [-0.4, -0.2) is 49.0 Å². The molecular formula is C18H25NO3S4. The summed E-state index contributed by atoms with van der Waals surface area (Å²) >= 11 is 8.56. The zero-order valence-corrected chi connectivity index (χ0v) is 18.4. The fraction of sp³-hybridized carbons (Fsp3) is 0.556. The molecule has 0 spiro atoms. The highest BCUT2D eigenvalue weighted by Gasteiger charge is 2.28. The summed E-state index contributed by atoms with van der Waals surface area (Å²) in [6, 6.07) is 9.63. The van der Waals surface area contributed by atoms with E-state index in [2.05, 4.69) is 0 Å². The number of amides is 1. The molecule has 144 valence electrons. The first-order chi connectivity index (χ1) is 12.5. The molecule has 1 aliphatic heterocycles. The Hall–Kier alpha value is -0.570. The first-order valence-electron chi connectivity index (χ1n) is 8.66. The zero-order valence-electron chi connectivity index (χ0n) is 15.1. The van der Waals surface area contributed by atoms with E-state index in [1.807, 2.05) is 37.3 Å². The Morgan fingerprint density at radius 2 is 2.19 bits per heavy atom. The molecular weight excluding hydrogens is 406 g/mol. The molecule has 0 N–H and O–H groups in total. The fourth-order valence-electron chi connectivity index (χ4n) is 2.69. The number of carbonyl (C=O) groups excluding carboxylic acids is 1. The van der Waals surface area contributed by atoms with Gasteiger partial charge < -0.3 is 9.64 Å². The maximum Gasteiger partial charge on any atom is 0.223 e. The predicted octanol–water partition coefficient (Wildman–Crippen LogP) is 4.06. The molecule has 4 nitrogen and oxygen atoms in total. The number of thioether (sulfide) groups is 2. The van der Waals surface area contributed by atoms with Crippen molar-refractivity contribution in [1.82, 2.24) is 0 Å². The molecule has 8 heteroatoms. The summed E-state index contributed by atoms with van der Waals surface area (Å²) in [5.74, 6) is 1.79. The van der Waals surface area contributed by atoms with Gasteiger partial charge in [0.15, 0.2) is 0 Å². The highest BCUT2D eigenvalue weighted by atomic mass is 32.2. The van der Waals surface area contributed by atoms with Gasteiger partial charge in [0.25, 0.3) is 0 Å². The lowest BCUT2D eigenvalue weighted by atomic mass is 10.2.